The van der Waals surface area contributed by atoms with Gasteiger partial charge in [0.05, 0.1) is 5.02 Å². The molecule has 0 aliphatic rings. The second-order valence-corrected chi connectivity index (χ2v) is 5.90. The van der Waals surface area contributed by atoms with Crippen LogP contribution in [0.5, 0.6) is 17.2 Å². The summed E-state index contributed by atoms with van der Waals surface area (Å²) in [5.41, 5.74) is 2.00. The van der Waals surface area contributed by atoms with E-state index in [-0.39, 0.29) is 0 Å². The Bertz CT molecular complexity index is 851. The molecular formula is C21H17ClO4. The zero-order valence-electron chi connectivity index (χ0n) is 13.9. The summed E-state index contributed by atoms with van der Waals surface area (Å²) >= 11 is 6.32. The van der Waals surface area contributed by atoms with Gasteiger partial charge in [0.2, 0.25) is 0 Å². The zero-order chi connectivity index (χ0) is 18.2. The maximum atomic E-state index is 10.6. The standard InChI is InChI=1S/C21H17ClO4/c22-19-11-18(26-15-23)12-20(24-13-16-7-3-1-4-8-16)21(19)25-14-17-9-5-2-6-10-17/h1-12,15H,13-14H2. The minimum absolute atomic E-state index is 0.292. The van der Waals surface area contributed by atoms with Crippen molar-refractivity contribution in [3.05, 3.63) is 88.9 Å². The number of carbonyl (C=O) groups is 1. The van der Waals surface area contributed by atoms with Crippen LogP contribution in [0.2, 0.25) is 5.02 Å². The van der Waals surface area contributed by atoms with Crippen molar-refractivity contribution >= 4 is 18.1 Å². The molecule has 0 heterocycles. The Kier molecular flexibility index (Phi) is 6.12. The number of benzene rings is 3. The molecule has 0 aromatic heterocycles. The van der Waals surface area contributed by atoms with Gasteiger partial charge in [-0.15, -0.1) is 0 Å². The van der Waals surface area contributed by atoms with Crippen molar-refractivity contribution in [2.45, 2.75) is 13.2 Å². The summed E-state index contributed by atoms with van der Waals surface area (Å²) in [6.45, 7) is 1.02. The Morgan fingerprint density at radius 2 is 1.38 bits per heavy atom. The quantitative estimate of drug-likeness (QED) is 0.523. The van der Waals surface area contributed by atoms with Gasteiger partial charge in [0.25, 0.3) is 6.47 Å². The fraction of sp³-hybridized carbons (Fsp3) is 0.0952. The van der Waals surface area contributed by atoms with E-state index in [2.05, 4.69) is 0 Å². The van der Waals surface area contributed by atoms with Crippen LogP contribution in [0.4, 0.5) is 0 Å². The zero-order valence-corrected chi connectivity index (χ0v) is 14.7. The molecule has 4 nitrogen and oxygen atoms in total. The molecule has 26 heavy (non-hydrogen) atoms. The minimum Gasteiger partial charge on any atom is -0.485 e. The summed E-state index contributed by atoms with van der Waals surface area (Å²) in [5.74, 6) is 1.11. The first-order chi connectivity index (χ1) is 12.8. The average Bonchev–Trinajstić information content (AvgIpc) is 2.67. The van der Waals surface area contributed by atoms with E-state index in [0.717, 1.165) is 11.1 Å². The number of halogens is 1. The molecule has 0 radical (unpaired) electrons. The second kappa shape index (κ2) is 8.92. The highest BCUT2D eigenvalue weighted by Gasteiger charge is 2.14. The van der Waals surface area contributed by atoms with E-state index in [1.807, 2.05) is 60.7 Å². The van der Waals surface area contributed by atoms with Gasteiger partial charge in [-0.3, -0.25) is 4.79 Å². The van der Waals surface area contributed by atoms with Crippen LogP contribution < -0.4 is 14.2 Å². The van der Waals surface area contributed by atoms with Crippen LogP contribution in [-0.4, -0.2) is 6.47 Å². The lowest BCUT2D eigenvalue weighted by Crippen LogP contribution is -2.02. The highest BCUT2D eigenvalue weighted by atomic mass is 35.5. The van der Waals surface area contributed by atoms with Gasteiger partial charge in [-0.25, -0.2) is 0 Å². The molecule has 0 bridgehead atoms. The molecule has 132 valence electrons. The van der Waals surface area contributed by atoms with Crippen molar-refractivity contribution in [2.75, 3.05) is 0 Å². The van der Waals surface area contributed by atoms with E-state index in [0.29, 0.717) is 42.0 Å². The number of hydrogen-bond donors (Lipinski definition) is 0. The van der Waals surface area contributed by atoms with Crippen molar-refractivity contribution in [1.82, 2.24) is 0 Å². The smallest absolute Gasteiger partial charge is 0.298 e. The van der Waals surface area contributed by atoms with E-state index < -0.39 is 0 Å². The number of hydrogen-bond acceptors (Lipinski definition) is 4. The van der Waals surface area contributed by atoms with Gasteiger partial charge in [-0.1, -0.05) is 72.3 Å². The van der Waals surface area contributed by atoms with Crippen molar-refractivity contribution in [2.24, 2.45) is 0 Å². The van der Waals surface area contributed by atoms with Crippen LogP contribution in [0.3, 0.4) is 0 Å². The van der Waals surface area contributed by atoms with Crippen LogP contribution in [0.15, 0.2) is 72.8 Å². The van der Waals surface area contributed by atoms with Crippen molar-refractivity contribution in [1.29, 1.82) is 0 Å². The lowest BCUT2D eigenvalue weighted by Gasteiger charge is -2.15. The molecule has 0 aliphatic heterocycles. The first-order valence-corrected chi connectivity index (χ1v) is 8.41. The summed E-state index contributed by atoms with van der Waals surface area (Å²) in [6, 6.07) is 22.6. The average molecular weight is 369 g/mol. The minimum atomic E-state index is 0.292. The highest BCUT2D eigenvalue weighted by molar-refractivity contribution is 6.32. The van der Waals surface area contributed by atoms with E-state index >= 15 is 0 Å². The molecule has 3 rings (SSSR count). The summed E-state index contributed by atoms with van der Waals surface area (Å²) < 4.78 is 16.6. The Balaban J connectivity index is 1.82. The van der Waals surface area contributed by atoms with E-state index in [9.17, 15) is 4.79 Å². The number of carbonyl (C=O) groups excluding carboxylic acids is 1. The Morgan fingerprint density at radius 1 is 0.808 bits per heavy atom. The monoisotopic (exact) mass is 368 g/mol. The van der Waals surface area contributed by atoms with Crippen LogP contribution in [-0.2, 0) is 18.0 Å². The lowest BCUT2D eigenvalue weighted by molar-refractivity contribution is -0.120. The van der Waals surface area contributed by atoms with Crippen LogP contribution >= 0.6 is 11.6 Å². The van der Waals surface area contributed by atoms with Crippen LogP contribution in [0.1, 0.15) is 11.1 Å². The molecular weight excluding hydrogens is 352 g/mol. The van der Waals surface area contributed by atoms with Gasteiger partial charge in [0, 0.05) is 12.1 Å². The summed E-state index contributed by atoms with van der Waals surface area (Å²) in [4.78, 5) is 10.6. The van der Waals surface area contributed by atoms with Gasteiger partial charge in [0.1, 0.15) is 19.0 Å². The fourth-order valence-corrected chi connectivity index (χ4v) is 2.64. The number of ether oxygens (including phenoxy) is 3. The van der Waals surface area contributed by atoms with Gasteiger partial charge in [-0.05, 0) is 11.1 Å². The van der Waals surface area contributed by atoms with E-state index in [1.165, 1.54) is 6.07 Å². The molecule has 0 aliphatic carbocycles. The Hall–Kier alpha value is -2.98. The summed E-state index contributed by atoms with van der Waals surface area (Å²) in [6.07, 6.45) is 0. The third kappa shape index (κ3) is 4.77. The maximum Gasteiger partial charge on any atom is 0.298 e. The SMILES string of the molecule is O=COc1cc(Cl)c(OCc2ccccc2)c(OCc2ccccc2)c1. The fourth-order valence-electron chi connectivity index (χ4n) is 2.38. The Labute approximate surface area is 156 Å². The normalized spacial score (nSPS) is 10.2. The van der Waals surface area contributed by atoms with Gasteiger partial charge < -0.3 is 14.2 Å². The molecule has 0 amide bonds. The van der Waals surface area contributed by atoms with Crippen LogP contribution in [0.25, 0.3) is 0 Å². The van der Waals surface area contributed by atoms with Crippen molar-refractivity contribution < 1.29 is 19.0 Å². The predicted molar refractivity (Wildman–Crippen MR) is 99.7 cm³/mol. The van der Waals surface area contributed by atoms with Gasteiger partial charge in [0.15, 0.2) is 11.5 Å². The molecule has 0 fully saturated rings. The van der Waals surface area contributed by atoms with Gasteiger partial charge in [-0.2, -0.15) is 0 Å². The molecule has 5 heteroatoms. The predicted octanol–water partition coefficient (Wildman–Crippen LogP) is 5.03. The molecule has 0 unspecified atom stereocenters. The third-order valence-corrected chi connectivity index (χ3v) is 3.91. The van der Waals surface area contributed by atoms with Crippen molar-refractivity contribution in [3.63, 3.8) is 0 Å². The molecule has 0 saturated carbocycles. The highest BCUT2D eigenvalue weighted by Crippen LogP contribution is 2.40. The summed E-state index contributed by atoms with van der Waals surface area (Å²) in [5, 5.41) is 0.309. The van der Waals surface area contributed by atoms with E-state index in [1.54, 1.807) is 6.07 Å². The third-order valence-electron chi connectivity index (χ3n) is 3.63. The first-order valence-electron chi connectivity index (χ1n) is 8.03. The van der Waals surface area contributed by atoms with Crippen LogP contribution in [0, 0.1) is 0 Å². The van der Waals surface area contributed by atoms with Gasteiger partial charge >= 0.3 is 0 Å². The molecule has 0 atom stereocenters. The topological polar surface area (TPSA) is 44.8 Å². The molecule has 3 aromatic carbocycles. The second-order valence-electron chi connectivity index (χ2n) is 5.49. The lowest BCUT2D eigenvalue weighted by atomic mass is 10.2. The number of rotatable bonds is 8. The molecule has 0 N–H and O–H groups in total. The Morgan fingerprint density at radius 3 is 1.96 bits per heavy atom. The van der Waals surface area contributed by atoms with E-state index in [4.69, 9.17) is 25.8 Å². The molecule has 3 aromatic rings. The maximum absolute atomic E-state index is 10.6. The molecule has 0 saturated heterocycles. The first kappa shape index (κ1) is 17.8. The largest absolute Gasteiger partial charge is 0.485 e. The van der Waals surface area contributed by atoms with Crippen molar-refractivity contribution in [3.8, 4) is 17.2 Å². The summed E-state index contributed by atoms with van der Waals surface area (Å²) in [7, 11) is 0. The molecule has 0 spiro atoms.